The second-order valence-electron chi connectivity index (χ2n) is 5.52. The van der Waals surface area contributed by atoms with Gasteiger partial charge in [-0.25, -0.2) is 4.79 Å². The Morgan fingerprint density at radius 2 is 1.83 bits per heavy atom. The first-order valence-corrected chi connectivity index (χ1v) is 9.44. The molecule has 3 rings (SSSR count). The summed E-state index contributed by atoms with van der Waals surface area (Å²) in [6, 6.07) is 8.85. The van der Waals surface area contributed by atoms with Gasteiger partial charge in [0.1, 0.15) is 0 Å². The maximum absolute atomic E-state index is 12.4. The Morgan fingerprint density at radius 3 is 2.46 bits per heavy atom. The summed E-state index contributed by atoms with van der Waals surface area (Å²) in [4.78, 5) is 17.7. The quantitative estimate of drug-likeness (QED) is 0.776. The van der Waals surface area contributed by atoms with E-state index < -0.39 is 0 Å². The molecule has 1 aromatic carbocycles. The van der Waals surface area contributed by atoms with Crippen molar-refractivity contribution in [1.82, 2.24) is 9.80 Å². The van der Waals surface area contributed by atoms with Crippen molar-refractivity contribution < 1.29 is 4.79 Å². The van der Waals surface area contributed by atoms with Crippen molar-refractivity contribution in [1.29, 1.82) is 0 Å². The minimum atomic E-state index is -0.141. The number of anilines is 1. The second-order valence-corrected chi connectivity index (χ2v) is 8.17. The minimum Gasteiger partial charge on any atom is -0.322 e. The van der Waals surface area contributed by atoms with Gasteiger partial charge >= 0.3 is 6.03 Å². The van der Waals surface area contributed by atoms with Crippen LogP contribution >= 0.6 is 46.1 Å². The van der Waals surface area contributed by atoms with Gasteiger partial charge in [-0.1, -0.05) is 34.8 Å². The van der Waals surface area contributed by atoms with Gasteiger partial charge in [-0.15, -0.1) is 11.3 Å². The SMILES string of the molecule is O=C(Nc1ccc(Cl)cc1Cl)N1CCN(Cc2ccc(Cl)s2)CC1. The molecule has 1 saturated heterocycles. The Labute approximate surface area is 159 Å². The van der Waals surface area contributed by atoms with Crippen LogP contribution in [0.4, 0.5) is 10.5 Å². The number of halogens is 3. The topological polar surface area (TPSA) is 35.6 Å². The van der Waals surface area contributed by atoms with Crippen LogP contribution in [-0.2, 0) is 6.54 Å². The molecular weight excluding hydrogens is 389 g/mol. The second kappa shape index (κ2) is 7.93. The van der Waals surface area contributed by atoms with Crippen molar-refractivity contribution in [2.45, 2.75) is 6.54 Å². The molecule has 2 amide bonds. The average Bonchev–Trinajstić information content (AvgIpc) is 2.96. The van der Waals surface area contributed by atoms with Gasteiger partial charge < -0.3 is 10.2 Å². The van der Waals surface area contributed by atoms with E-state index in [0.717, 1.165) is 24.0 Å². The van der Waals surface area contributed by atoms with Gasteiger partial charge in [0.15, 0.2) is 0 Å². The summed E-state index contributed by atoms with van der Waals surface area (Å²) >= 11 is 19.5. The fourth-order valence-electron chi connectivity index (χ4n) is 2.55. The molecule has 8 heteroatoms. The zero-order chi connectivity index (χ0) is 17.1. The van der Waals surface area contributed by atoms with Gasteiger partial charge in [0, 0.05) is 42.6 Å². The van der Waals surface area contributed by atoms with Crippen molar-refractivity contribution in [3.63, 3.8) is 0 Å². The minimum absolute atomic E-state index is 0.141. The smallest absolute Gasteiger partial charge is 0.321 e. The lowest BCUT2D eigenvalue weighted by Crippen LogP contribution is -2.49. The number of benzene rings is 1. The van der Waals surface area contributed by atoms with Crippen molar-refractivity contribution in [3.8, 4) is 0 Å². The molecule has 1 aromatic heterocycles. The van der Waals surface area contributed by atoms with Crippen LogP contribution in [0.5, 0.6) is 0 Å². The summed E-state index contributed by atoms with van der Waals surface area (Å²) in [5.41, 5.74) is 0.571. The molecule has 0 spiro atoms. The fourth-order valence-corrected chi connectivity index (χ4v) is 4.14. The summed E-state index contributed by atoms with van der Waals surface area (Å²) in [7, 11) is 0. The molecular formula is C16H16Cl3N3OS. The van der Waals surface area contributed by atoms with E-state index in [4.69, 9.17) is 34.8 Å². The highest BCUT2D eigenvalue weighted by molar-refractivity contribution is 7.16. The summed E-state index contributed by atoms with van der Waals surface area (Å²) in [6.45, 7) is 3.89. The Bertz CT molecular complexity index is 729. The number of carbonyl (C=O) groups excluding carboxylic acids is 1. The van der Waals surface area contributed by atoms with Gasteiger partial charge in [0.2, 0.25) is 0 Å². The lowest BCUT2D eigenvalue weighted by atomic mass is 10.3. The normalized spacial score (nSPS) is 15.5. The number of nitrogens with zero attached hydrogens (tertiary/aromatic N) is 2. The molecule has 0 unspecified atom stereocenters. The Hall–Kier alpha value is -0.980. The number of rotatable bonds is 3. The van der Waals surface area contributed by atoms with Crippen LogP contribution in [-0.4, -0.2) is 42.0 Å². The predicted octanol–water partition coefficient (Wildman–Crippen LogP) is 5.06. The predicted molar refractivity (Wildman–Crippen MR) is 102 cm³/mol. The van der Waals surface area contributed by atoms with Crippen LogP contribution in [0.2, 0.25) is 14.4 Å². The van der Waals surface area contributed by atoms with Crippen LogP contribution in [0.1, 0.15) is 4.88 Å². The molecule has 0 radical (unpaired) electrons. The summed E-state index contributed by atoms with van der Waals surface area (Å²) in [6.07, 6.45) is 0. The van der Waals surface area contributed by atoms with Gasteiger partial charge in [0.05, 0.1) is 15.0 Å². The number of carbonyl (C=O) groups is 1. The van der Waals surface area contributed by atoms with E-state index >= 15 is 0 Å². The number of nitrogens with one attached hydrogen (secondary N) is 1. The highest BCUT2D eigenvalue weighted by Crippen LogP contribution is 2.26. The highest BCUT2D eigenvalue weighted by atomic mass is 35.5. The third kappa shape index (κ3) is 4.55. The standard InChI is InChI=1S/C16H16Cl3N3OS/c17-11-1-3-14(13(18)9-11)20-16(23)22-7-5-21(6-8-22)10-12-2-4-15(19)24-12/h1-4,9H,5-8,10H2,(H,20,23). The van der Waals surface area contributed by atoms with E-state index in [1.54, 1.807) is 34.4 Å². The Morgan fingerprint density at radius 1 is 1.08 bits per heavy atom. The molecule has 128 valence electrons. The molecule has 0 aliphatic carbocycles. The van der Waals surface area contributed by atoms with Crippen molar-refractivity contribution in [2.75, 3.05) is 31.5 Å². The Kier molecular flexibility index (Phi) is 5.89. The van der Waals surface area contributed by atoms with Gasteiger partial charge in [-0.2, -0.15) is 0 Å². The fraction of sp³-hybridized carbons (Fsp3) is 0.312. The molecule has 4 nitrogen and oxygen atoms in total. The summed E-state index contributed by atoms with van der Waals surface area (Å²) in [5.74, 6) is 0. The highest BCUT2D eigenvalue weighted by Gasteiger charge is 2.22. The van der Waals surface area contributed by atoms with Crippen LogP contribution in [0, 0.1) is 0 Å². The maximum atomic E-state index is 12.4. The van der Waals surface area contributed by atoms with Crippen molar-refractivity contribution >= 4 is 57.9 Å². The molecule has 0 bridgehead atoms. The first kappa shape index (κ1) is 17.8. The number of piperazine rings is 1. The van der Waals surface area contributed by atoms with Gasteiger partial charge in [-0.3, -0.25) is 4.90 Å². The number of amides is 2. The molecule has 0 atom stereocenters. The van der Waals surface area contributed by atoms with E-state index in [2.05, 4.69) is 16.3 Å². The monoisotopic (exact) mass is 403 g/mol. The number of thiophene rings is 1. The number of urea groups is 1. The lowest BCUT2D eigenvalue weighted by molar-refractivity contribution is 0.143. The zero-order valence-corrected chi connectivity index (χ0v) is 15.9. The molecule has 2 heterocycles. The van der Waals surface area contributed by atoms with Crippen LogP contribution in [0.15, 0.2) is 30.3 Å². The largest absolute Gasteiger partial charge is 0.322 e. The molecule has 1 N–H and O–H groups in total. The van der Waals surface area contributed by atoms with Gasteiger partial charge in [-0.05, 0) is 30.3 Å². The Balaban J connectivity index is 1.51. The van der Waals surface area contributed by atoms with E-state index in [-0.39, 0.29) is 6.03 Å². The summed E-state index contributed by atoms with van der Waals surface area (Å²) < 4.78 is 0.808. The third-order valence-electron chi connectivity index (χ3n) is 3.84. The zero-order valence-electron chi connectivity index (χ0n) is 12.8. The molecule has 1 aliphatic heterocycles. The number of hydrogen-bond donors (Lipinski definition) is 1. The van der Waals surface area contributed by atoms with Gasteiger partial charge in [0.25, 0.3) is 0 Å². The summed E-state index contributed by atoms with van der Waals surface area (Å²) in [5, 5.41) is 3.81. The van der Waals surface area contributed by atoms with Crippen molar-refractivity contribution in [2.24, 2.45) is 0 Å². The van der Waals surface area contributed by atoms with Crippen LogP contribution < -0.4 is 5.32 Å². The third-order valence-corrected chi connectivity index (χ3v) is 5.60. The van der Waals surface area contributed by atoms with E-state index in [1.165, 1.54) is 4.88 Å². The molecule has 1 aliphatic rings. The molecule has 0 saturated carbocycles. The molecule has 2 aromatic rings. The first-order valence-electron chi connectivity index (χ1n) is 7.49. The average molecular weight is 405 g/mol. The van der Waals surface area contributed by atoms with Crippen molar-refractivity contribution in [3.05, 3.63) is 49.6 Å². The van der Waals surface area contributed by atoms with E-state index in [9.17, 15) is 4.79 Å². The molecule has 24 heavy (non-hydrogen) atoms. The first-order chi connectivity index (χ1) is 11.5. The van der Waals surface area contributed by atoms with E-state index in [0.29, 0.717) is 28.8 Å². The lowest BCUT2D eigenvalue weighted by Gasteiger charge is -2.34. The molecule has 1 fully saturated rings. The maximum Gasteiger partial charge on any atom is 0.321 e. The van der Waals surface area contributed by atoms with E-state index in [1.807, 2.05) is 6.07 Å². The number of hydrogen-bond acceptors (Lipinski definition) is 3. The van der Waals surface area contributed by atoms with Crippen LogP contribution in [0.25, 0.3) is 0 Å². The van der Waals surface area contributed by atoms with Crippen LogP contribution in [0.3, 0.4) is 0 Å².